The Labute approximate surface area is 148 Å². The number of anilines is 1. The lowest BCUT2D eigenvalue weighted by Gasteiger charge is -2.21. The Kier molecular flexibility index (Phi) is 4.03. The molecule has 130 valence electrons. The second-order valence-corrected chi connectivity index (χ2v) is 7.46. The first-order chi connectivity index (χ1) is 12.0. The van der Waals surface area contributed by atoms with Gasteiger partial charge in [0.25, 0.3) is 0 Å². The number of benzene rings is 1. The minimum atomic E-state index is -0.417. The van der Waals surface area contributed by atoms with Gasteiger partial charge >= 0.3 is 0 Å². The first kappa shape index (κ1) is 16.2. The maximum Gasteiger partial charge on any atom is 0.248 e. The molecular formula is C18H18FN3O2S. The van der Waals surface area contributed by atoms with E-state index in [2.05, 4.69) is 10.3 Å². The summed E-state index contributed by atoms with van der Waals surface area (Å²) in [5.74, 6) is -0.490. The summed E-state index contributed by atoms with van der Waals surface area (Å²) < 4.78 is 13.4. The average Bonchev–Trinajstić information content (AvgIpc) is 3.20. The van der Waals surface area contributed by atoms with E-state index < -0.39 is 6.04 Å². The highest BCUT2D eigenvalue weighted by molar-refractivity contribution is 7.19. The van der Waals surface area contributed by atoms with Crippen LogP contribution in [0.2, 0.25) is 0 Å². The Bertz CT molecular complexity index is 864. The summed E-state index contributed by atoms with van der Waals surface area (Å²) in [5.41, 5.74) is 2.91. The molecule has 0 unspecified atom stereocenters. The summed E-state index contributed by atoms with van der Waals surface area (Å²) in [6.07, 6.45) is 3.00. The third-order valence-corrected chi connectivity index (χ3v) is 5.88. The number of hydrogen-bond acceptors (Lipinski definition) is 4. The fourth-order valence-electron chi connectivity index (χ4n) is 3.63. The number of nitrogens with zero attached hydrogens (tertiary/aromatic N) is 2. The summed E-state index contributed by atoms with van der Waals surface area (Å²) in [4.78, 5) is 31.3. The number of halogens is 1. The topological polar surface area (TPSA) is 62.3 Å². The van der Waals surface area contributed by atoms with Crippen molar-refractivity contribution in [1.29, 1.82) is 0 Å². The van der Waals surface area contributed by atoms with E-state index in [0.29, 0.717) is 18.1 Å². The minimum absolute atomic E-state index is 0.0768. The summed E-state index contributed by atoms with van der Waals surface area (Å²) >= 11 is 1.41. The number of nitrogens with one attached hydrogen (secondary N) is 1. The van der Waals surface area contributed by atoms with Crippen molar-refractivity contribution in [3.63, 3.8) is 0 Å². The molecule has 4 rings (SSSR count). The van der Waals surface area contributed by atoms with Gasteiger partial charge in [0.1, 0.15) is 11.9 Å². The second-order valence-electron chi connectivity index (χ2n) is 6.46. The van der Waals surface area contributed by atoms with E-state index >= 15 is 0 Å². The van der Waals surface area contributed by atoms with Crippen molar-refractivity contribution in [3.8, 4) is 10.4 Å². The number of likely N-dealkylation sites (tertiary alicyclic amines) is 1. The van der Waals surface area contributed by atoms with Crippen LogP contribution in [0.15, 0.2) is 18.2 Å². The van der Waals surface area contributed by atoms with Gasteiger partial charge in [0.2, 0.25) is 11.8 Å². The van der Waals surface area contributed by atoms with Crippen LogP contribution in [0.3, 0.4) is 0 Å². The third-order valence-electron chi connectivity index (χ3n) is 4.83. The van der Waals surface area contributed by atoms with Crippen molar-refractivity contribution in [1.82, 2.24) is 9.88 Å². The summed E-state index contributed by atoms with van der Waals surface area (Å²) in [7, 11) is 0. The highest BCUT2D eigenvalue weighted by Gasteiger charge is 2.33. The van der Waals surface area contributed by atoms with E-state index in [1.165, 1.54) is 24.3 Å². The smallest absolute Gasteiger partial charge is 0.248 e. The molecule has 1 fully saturated rings. The van der Waals surface area contributed by atoms with Gasteiger partial charge in [-0.25, -0.2) is 9.37 Å². The van der Waals surface area contributed by atoms with Crippen LogP contribution in [0.25, 0.3) is 10.4 Å². The number of carbonyl (C=O) groups is 2. The van der Waals surface area contributed by atoms with Gasteiger partial charge in [-0.3, -0.25) is 9.59 Å². The lowest BCUT2D eigenvalue weighted by atomic mass is 9.94. The van der Waals surface area contributed by atoms with Crippen molar-refractivity contribution >= 4 is 28.3 Å². The lowest BCUT2D eigenvalue weighted by Crippen LogP contribution is -2.42. The van der Waals surface area contributed by atoms with Crippen LogP contribution in [0.1, 0.15) is 31.0 Å². The monoisotopic (exact) mass is 359 g/mol. The molecule has 0 radical (unpaired) electrons. The molecule has 1 saturated heterocycles. The SMILES string of the molecule is CC(=O)N1CCC[C@@H]1C(=O)Nc1nc2c(s1)-c1ccc(F)cc1CC2. The van der Waals surface area contributed by atoms with Crippen LogP contribution >= 0.6 is 11.3 Å². The fraction of sp³-hybridized carbons (Fsp3) is 0.389. The molecule has 1 atom stereocenters. The van der Waals surface area contributed by atoms with Gasteiger partial charge < -0.3 is 10.2 Å². The van der Waals surface area contributed by atoms with Gasteiger partial charge in [-0.2, -0.15) is 0 Å². The first-order valence-corrected chi connectivity index (χ1v) is 9.21. The van der Waals surface area contributed by atoms with Gasteiger partial charge in [0, 0.05) is 13.5 Å². The van der Waals surface area contributed by atoms with Gasteiger partial charge in [0.15, 0.2) is 5.13 Å². The highest BCUT2D eigenvalue weighted by atomic mass is 32.1. The van der Waals surface area contributed by atoms with Crippen LogP contribution in [0.4, 0.5) is 9.52 Å². The zero-order valence-electron chi connectivity index (χ0n) is 13.8. The minimum Gasteiger partial charge on any atom is -0.331 e. The molecule has 0 spiro atoms. The van der Waals surface area contributed by atoms with Crippen molar-refractivity contribution in [2.75, 3.05) is 11.9 Å². The Morgan fingerprint density at radius 2 is 2.20 bits per heavy atom. The maximum absolute atomic E-state index is 13.4. The number of hydrogen-bond donors (Lipinski definition) is 1. The van der Waals surface area contributed by atoms with Gasteiger partial charge in [-0.1, -0.05) is 17.4 Å². The molecule has 5 nitrogen and oxygen atoms in total. The molecule has 2 aromatic rings. The number of carbonyl (C=O) groups excluding carboxylic acids is 2. The van der Waals surface area contributed by atoms with Crippen LogP contribution < -0.4 is 5.32 Å². The summed E-state index contributed by atoms with van der Waals surface area (Å²) in [6.45, 7) is 2.12. The molecule has 1 aromatic carbocycles. The van der Waals surface area contributed by atoms with E-state index in [1.54, 1.807) is 17.0 Å². The predicted molar refractivity (Wildman–Crippen MR) is 94.0 cm³/mol. The second kappa shape index (κ2) is 6.22. The number of amides is 2. The summed E-state index contributed by atoms with van der Waals surface area (Å²) in [5, 5.41) is 3.41. The Morgan fingerprint density at radius 3 is 3.00 bits per heavy atom. The van der Waals surface area contributed by atoms with E-state index in [9.17, 15) is 14.0 Å². The largest absolute Gasteiger partial charge is 0.331 e. The molecule has 1 N–H and O–H groups in total. The molecule has 2 heterocycles. The first-order valence-electron chi connectivity index (χ1n) is 8.39. The third kappa shape index (κ3) is 2.93. The van der Waals surface area contributed by atoms with Crippen LogP contribution in [-0.2, 0) is 22.4 Å². The van der Waals surface area contributed by atoms with Crippen molar-refractivity contribution < 1.29 is 14.0 Å². The zero-order valence-corrected chi connectivity index (χ0v) is 14.7. The predicted octanol–water partition coefficient (Wildman–Crippen LogP) is 3.00. The van der Waals surface area contributed by atoms with Crippen molar-refractivity contribution in [2.24, 2.45) is 0 Å². The van der Waals surface area contributed by atoms with E-state index in [4.69, 9.17) is 0 Å². The standard InChI is InChI=1S/C18H18FN3O2S/c1-10(23)22-8-2-3-15(22)17(24)21-18-20-14-7-4-11-9-12(19)5-6-13(11)16(14)25-18/h5-6,9,15H,2-4,7-8H2,1H3,(H,20,21,24)/t15-/m1/s1. The van der Waals surface area contributed by atoms with Crippen molar-refractivity contribution in [3.05, 3.63) is 35.3 Å². The molecule has 0 saturated carbocycles. The van der Waals surface area contributed by atoms with Crippen LogP contribution in [0.5, 0.6) is 0 Å². The van der Waals surface area contributed by atoms with Crippen LogP contribution in [0, 0.1) is 5.82 Å². The van der Waals surface area contributed by atoms with Gasteiger partial charge in [-0.05, 0) is 48.9 Å². The molecular weight excluding hydrogens is 341 g/mol. The molecule has 1 aromatic heterocycles. The molecule has 7 heteroatoms. The number of aryl methyl sites for hydroxylation is 2. The Morgan fingerprint density at radius 1 is 1.36 bits per heavy atom. The fourth-order valence-corrected chi connectivity index (χ4v) is 4.71. The Hall–Kier alpha value is -2.28. The quantitative estimate of drug-likeness (QED) is 0.897. The van der Waals surface area contributed by atoms with Crippen molar-refractivity contribution in [2.45, 2.75) is 38.6 Å². The number of fused-ring (bicyclic) bond motifs is 3. The van der Waals surface area contributed by atoms with E-state index in [-0.39, 0.29) is 17.6 Å². The normalized spacial score (nSPS) is 18.6. The molecule has 2 amide bonds. The molecule has 1 aliphatic carbocycles. The van der Waals surface area contributed by atoms with Gasteiger partial charge in [-0.15, -0.1) is 0 Å². The lowest BCUT2D eigenvalue weighted by molar-refractivity contribution is -0.134. The number of aromatic nitrogens is 1. The van der Waals surface area contributed by atoms with E-state index in [1.807, 2.05) is 0 Å². The zero-order chi connectivity index (χ0) is 17.6. The average molecular weight is 359 g/mol. The molecule has 0 bridgehead atoms. The summed E-state index contributed by atoms with van der Waals surface area (Å²) in [6, 6.07) is 4.38. The Balaban J connectivity index is 1.57. The number of rotatable bonds is 2. The van der Waals surface area contributed by atoms with Crippen LogP contribution in [-0.4, -0.2) is 34.3 Å². The van der Waals surface area contributed by atoms with Gasteiger partial charge in [0.05, 0.1) is 10.6 Å². The maximum atomic E-state index is 13.4. The number of thiazole rings is 1. The molecule has 25 heavy (non-hydrogen) atoms. The van der Waals surface area contributed by atoms with E-state index in [0.717, 1.165) is 41.0 Å². The molecule has 1 aliphatic heterocycles. The molecule has 2 aliphatic rings. The highest BCUT2D eigenvalue weighted by Crippen LogP contribution is 2.39.